The predicted molar refractivity (Wildman–Crippen MR) is 59.7 cm³/mol. The highest BCUT2D eigenvalue weighted by molar-refractivity contribution is 5.01. The van der Waals surface area contributed by atoms with Crippen LogP contribution in [0.1, 0.15) is 53.4 Å². The van der Waals surface area contributed by atoms with Crippen LogP contribution in [0, 0.1) is 17.3 Å². The van der Waals surface area contributed by atoms with Crippen LogP contribution in [0.15, 0.2) is 12.2 Å². The van der Waals surface area contributed by atoms with Crippen molar-refractivity contribution in [2.75, 3.05) is 0 Å². The maximum Gasteiger partial charge on any atom is -0.0271 e. The summed E-state index contributed by atoms with van der Waals surface area (Å²) < 4.78 is 0. The van der Waals surface area contributed by atoms with Crippen molar-refractivity contribution in [2.24, 2.45) is 17.3 Å². The molecule has 0 aromatic rings. The SMILES string of the molecule is C=C(CC)CC(C)C1(C)CCC1C. The Bertz CT molecular complexity index is 192. The van der Waals surface area contributed by atoms with Gasteiger partial charge in [0.25, 0.3) is 0 Å². The second kappa shape index (κ2) is 3.86. The number of hydrogen-bond donors (Lipinski definition) is 0. The lowest BCUT2D eigenvalue weighted by atomic mass is 9.55. The molecule has 0 aromatic heterocycles. The summed E-state index contributed by atoms with van der Waals surface area (Å²) in [5, 5.41) is 0. The molecule has 1 rings (SSSR count). The van der Waals surface area contributed by atoms with Gasteiger partial charge >= 0.3 is 0 Å². The van der Waals surface area contributed by atoms with Crippen LogP contribution in [0.25, 0.3) is 0 Å². The van der Waals surface area contributed by atoms with Gasteiger partial charge in [0.1, 0.15) is 0 Å². The minimum Gasteiger partial charge on any atom is -0.0999 e. The second-order valence-corrected chi connectivity index (χ2v) is 5.15. The maximum absolute atomic E-state index is 4.11. The molecular formula is C13H24. The van der Waals surface area contributed by atoms with E-state index in [4.69, 9.17) is 0 Å². The lowest BCUT2D eigenvalue weighted by Gasteiger charge is -2.50. The molecular weight excluding hydrogens is 156 g/mol. The van der Waals surface area contributed by atoms with Crippen molar-refractivity contribution in [2.45, 2.75) is 53.4 Å². The van der Waals surface area contributed by atoms with Gasteiger partial charge in [-0.25, -0.2) is 0 Å². The van der Waals surface area contributed by atoms with E-state index in [9.17, 15) is 0 Å². The molecule has 1 saturated carbocycles. The van der Waals surface area contributed by atoms with Crippen LogP contribution in [0.4, 0.5) is 0 Å². The van der Waals surface area contributed by atoms with Crippen molar-refractivity contribution in [1.29, 1.82) is 0 Å². The van der Waals surface area contributed by atoms with Gasteiger partial charge in [0.15, 0.2) is 0 Å². The minimum absolute atomic E-state index is 0.609. The van der Waals surface area contributed by atoms with Crippen LogP contribution in [0.2, 0.25) is 0 Å². The molecule has 0 aromatic carbocycles. The smallest absolute Gasteiger partial charge is 0.0271 e. The first kappa shape index (κ1) is 10.8. The highest BCUT2D eigenvalue weighted by Gasteiger charge is 2.43. The third-order valence-electron chi connectivity index (χ3n) is 4.46. The second-order valence-electron chi connectivity index (χ2n) is 5.15. The van der Waals surface area contributed by atoms with E-state index in [0.717, 1.165) is 18.3 Å². The van der Waals surface area contributed by atoms with Crippen molar-refractivity contribution < 1.29 is 0 Å². The van der Waals surface area contributed by atoms with Crippen LogP contribution in [-0.2, 0) is 0 Å². The van der Waals surface area contributed by atoms with E-state index < -0.39 is 0 Å². The summed E-state index contributed by atoms with van der Waals surface area (Å²) in [6.45, 7) is 13.6. The molecule has 3 atom stereocenters. The van der Waals surface area contributed by atoms with E-state index >= 15 is 0 Å². The van der Waals surface area contributed by atoms with E-state index in [2.05, 4.69) is 34.3 Å². The number of hydrogen-bond acceptors (Lipinski definition) is 0. The first-order valence-electron chi connectivity index (χ1n) is 5.67. The Hall–Kier alpha value is -0.260. The van der Waals surface area contributed by atoms with E-state index in [-0.39, 0.29) is 0 Å². The summed E-state index contributed by atoms with van der Waals surface area (Å²) in [6.07, 6.45) is 5.23. The van der Waals surface area contributed by atoms with E-state index in [0.29, 0.717) is 5.41 Å². The third kappa shape index (κ3) is 1.98. The molecule has 0 amide bonds. The largest absolute Gasteiger partial charge is 0.0999 e. The predicted octanol–water partition coefficient (Wildman–Crippen LogP) is 4.42. The fourth-order valence-corrected chi connectivity index (χ4v) is 2.43. The zero-order valence-corrected chi connectivity index (χ0v) is 9.69. The molecule has 0 heterocycles. The van der Waals surface area contributed by atoms with Crippen LogP contribution < -0.4 is 0 Å². The van der Waals surface area contributed by atoms with Gasteiger partial charge in [-0.2, -0.15) is 0 Å². The quantitative estimate of drug-likeness (QED) is 0.562. The van der Waals surface area contributed by atoms with Crippen molar-refractivity contribution in [1.82, 2.24) is 0 Å². The molecule has 0 aliphatic heterocycles. The van der Waals surface area contributed by atoms with Crippen molar-refractivity contribution in [3.63, 3.8) is 0 Å². The molecule has 0 saturated heterocycles. The topological polar surface area (TPSA) is 0 Å². The van der Waals surface area contributed by atoms with Gasteiger partial charge in [-0.1, -0.05) is 39.8 Å². The first-order chi connectivity index (χ1) is 6.00. The third-order valence-corrected chi connectivity index (χ3v) is 4.46. The Kier molecular flexibility index (Phi) is 3.21. The summed E-state index contributed by atoms with van der Waals surface area (Å²) in [4.78, 5) is 0. The van der Waals surface area contributed by atoms with Crippen LogP contribution in [0.5, 0.6) is 0 Å². The summed E-state index contributed by atoms with van der Waals surface area (Å²) in [5.74, 6) is 1.75. The van der Waals surface area contributed by atoms with Crippen LogP contribution in [0.3, 0.4) is 0 Å². The van der Waals surface area contributed by atoms with E-state index in [1.165, 1.54) is 24.8 Å². The van der Waals surface area contributed by atoms with Crippen molar-refractivity contribution >= 4 is 0 Å². The molecule has 0 nitrogen and oxygen atoms in total. The molecule has 0 radical (unpaired) electrons. The standard InChI is InChI=1S/C13H24/c1-6-10(2)9-12(4)13(5)8-7-11(13)3/h11-12H,2,6-9H2,1,3-5H3. The number of rotatable bonds is 4. The maximum atomic E-state index is 4.11. The van der Waals surface area contributed by atoms with E-state index in [1.807, 2.05) is 0 Å². The normalized spacial score (nSPS) is 35.2. The lowest BCUT2D eigenvalue weighted by Crippen LogP contribution is -2.41. The van der Waals surface area contributed by atoms with Crippen molar-refractivity contribution in [3.05, 3.63) is 12.2 Å². The molecule has 0 bridgehead atoms. The highest BCUT2D eigenvalue weighted by atomic mass is 14.5. The van der Waals surface area contributed by atoms with Crippen molar-refractivity contribution in [3.8, 4) is 0 Å². The average molecular weight is 180 g/mol. The van der Waals surface area contributed by atoms with E-state index in [1.54, 1.807) is 0 Å². The summed E-state index contributed by atoms with van der Waals surface area (Å²) in [7, 11) is 0. The summed E-state index contributed by atoms with van der Waals surface area (Å²) >= 11 is 0. The lowest BCUT2D eigenvalue weighted by molar-refractivity contribution is 0.00544. The monoisotopic (exact) mass is 180 g/mol. The van der Waals surface area contributed by atoms with Gasteiger partial charge in [-0.05, 0) is 42.9 Å². The van der Waals surface area contributed by atoms with Gasteiger partial charge in [0, 0.05) is 0 Å². The Labute approximate surface area is 83.4 Å². The zero-order chi connectivity index (χ0) is 10.1. The minimum atomic E-state index is 0.609. The van der Waals surface area contributed by atoms with Crippen LogP contribution in [-0.4, -0.2) is 0 Å². The van der Waals surface area contributed by atoms with Crippen LogP contribution >= 0.6 is 0 Å². The molecule has 1 aliphatic rings. The number of allylic oxidation sites excluding steroid dienone is 1. The Morgan fingerprint density at radius 3 is 2.54 bits per heavy atom. The molecule has 0 N–H and O–H groups in total. The van der Waals surface area contributed by atoms with Gasteiger partial charge < -0.3 is 0 Å². The summed E-state index contributed by atoms with van der Waals surface area (Å²) in [6, 6.07) is 0. The molecule has 1 aliphatic carbocycles. The van der Waals surface area contributed by atoms with Gasteiger partial charge in [-0.3, -0.25) is 0 Å². The molecule has 0 spiro atoms. The fraction of sp³-hybridized carbons (Fsp3) is 0.846. The Morgan fingerprint density at radius 2 is 2.23 bits per heavy atom. The molecule has 1 fully saturated rings. The Balaban J connectivity index is 2.47. The fourth-order valence-electron chi connectivity index (χ4n) is 2.43. The molecule has 13 heavy (non-hydrogen) atoms. The average Bonchev–Trinajstić information content (AvgIpc) is 2.13. The van der Waals surface area contributed by atoms with Gasteiger partial charge in [0.05, 0.1) is 0 Å². The molecule has 0 heteroatoms. The van der Waals surface area contributed by atoms with Gasteiger partial charge in [-0.15, -0.1) is 0 Å². The Morgan fingerprint density at radius 1 is 1.62 bits per heavy atom. The van der Waals surface area contributed by atoms with Gasteiger partial charge in [0.2, 0.25) is 0 Å². The molecule has 3 unspecified atom stereocenters. The zero-order valence-electron chi connectivity index (χ0n) is 9.69. The first-order valence-corrected chi connectivity index (χ1v) is 5.67. The highest BCUT2D eigenvalue weighted by Crippen LogP contribution is 2.52. The summed E-state index contributed by atoms with van der Waals surface area (Å²) in [5.41, 5.74) is 2.03. The molecule has 76 valence electrons.